The monoisotopic (exact) mass is 440 g/mol. The van der Waals surface area contributed by atoms with Crippen LogP contribution in [0.1, 0.15) is 34.6 Å². The zero-order chi connectivity index (χ0) is 23.7. The summed E-state index contributed by atoms with van der Waals surface area (Å²) in [5.41, 5.74) is 1.58. The summed E-state index contributed by atoms with van der Waals surface area (Å²) in [6.45, 7) is 3.22. The first kappa shape index (κ1) is 21.5. The van der Waals surface area contributed by atoms with Gasteiger partial charge in [0.15, 0.2) is 11.6 Å². The molecule has 2 nitrogen and oxygen atoms in total. The maximum absolute atomic E-state index is 11.7. The largest absolute Gasteiger partial charge is 0.295 e. The number of benzene rings is 6. The van der Waals surface area contributed by atoms with Gasteiger partial charge in [0.2, 0.25) is 0 Å². The predicted octanol–water partition coefficient (Wildman–Crippen LogP) is 8.39. The van der Waals surface area contributed by atoms with Crippen LogP contribution in [0.3, 0.4) is 0 Å². The zero-order valence-corrected chi connectivity index (χ0v) is 19.2. The van der Waals surface area contributed by atoms with Crippen molar-refractivity contribution in [2.75, 3.05) is 0 Å². The van der Waals surface area contributed by atoms with Gasteiger partial charge in [-0.15, -0.1) is 0 Å². The van der Waals surface area contributed by atoms with Gasteiger partial charge in [-0.1, -0.05) is 97.1 Å². The average molecular weight is 441 g/mol. The Morgan fingerprint density at radius 2 is 0.941 bits per heavy atom. The van der Waals surface area contributed by atoms with Crippen LogP contribution < -0.4 is 0 Å². The fourth-order valence-corrected chi connectivity index (χ4v) is 4.58. The molecule has 6 aromatic carbocycles. The summed E-state index contributed by atoms with van der Waals surface area (Å²) >= 11 is 0. The third kappa shape index (κ3) is 3.95. The molecule has 6 rings (SSSR count). The summed E-state index contributed by atoms with van der Waals surface area (Å²) in [6.07, 6.45) is 0. The van der Waals surface area contributed by atoms with Gasteiger partial charge in [-0.3, -0.25) is 9.59 Å². The van der Waals surface area contributed by atoms with Crippen molar-refractivity contribution in [3.63, 3.8) is 0 Å². The molecule has 0 atom stereocenters. The topological polar surface area (TPSA) is 34.1 Å². The number of ketones is 2. The molecular weight excluding hydrogens is 416 g/mol. The standard InChI is InChI=1S/2C16H12O/c1-11(17)16-10-12-6-2-3-7-13(12)14-8-4-5-9-15(14)16;1-11(17)13-8-9-16-14(10-13)7-6-12-4-2-3-5-15(12)16/h2*2-10H,1H3. The molecule has 0 saturated heterocycles. The van der Waals surface area contributed by atoms with Crippen LogP contribution in [0.25, 0.3) is 43.1 Å². The second-order valence-corrected chi connectivity index (χ2v) is 8.53. The van der Waals surface area contributed by atoms with Crippen LogP contribution in [0.5, 0.6) is 0 Å². The molecule has 0 N–H and O–H groups in total. The number of fused-ring (bicyclic) bond motifs is 6. The maximum atomic E-state index is 11.7. The predicted molar refractivity (Wildman–Crippen MR) is 143 cm³/mol. The van der Waals surface area contributed by atoms with E-state index in [1.165, 1.54) is 21.5 Å². The van der Waals surface area contributed by atoms with Crippen LogP contribution in [0.15, 0.2) is 109 Å². The van der Waals surface area contributed by atoms with E-state index in [4.69, 9.17) is 0 Å². The lowest BCUT2D eigenvalue weighted by Crippen LogP contribution is -1.94. The third-order valence-electron chi connectivity index (χ3n) is 6.30. The summed E-state index contributed by atoms with van der Waals surface area (Å²) in [7, 11) is 0. The maximum Gasteiger partial charge on any atom is 0.160 e. The van der Waals surface area contributed by atoms with E-state index in [1.807, 2.05) is 72.8 Å². The Kier molecular flexibility index (Phi) is 5.65. The molecule has 0 fully saturated rings. The molecule has 34 heavy (non-hydrogen) atoms. The lowest BCUT2D eigenvalue weighted by molar-refractivity contribution is 0.101. The molecule has 0 heterocycles. The van der Waals surface area contributed by atoms with Crippen molar-refractivity contribution in [2.24, 2.45) is 0 Å². The minimum absolute atomic E-state index is 0.111. The normalized spacial score (nSPS) is 10.9. The molecule has 6 aromatic rings. The van der Waals surface area contributed by atoms with Gasteiger partial charge in [0.25, 0.3) is 0 Å². The van der Waals surface area contributed by atoms with Crippen LogP contribution >= 0.6 is 0 Å². The fraction of sp³-hybridized carbons (Fsp3) is 0.0625. The summed E-state index contributed by atoms with van der Waals surface area (Å²) < 4.78 is 0. The molecule has 2 heteroatoms. The van der Waals surface area contributed by atoms with Gasteiger partial charge < -0.3 is 0 Å². The Morgan fingerprint density at radius 3 is 1.62 bits per heavy atom. The quantitative estimate of drug-likeness (QED) is 0.200. The van der Waals surface area contributed by atoms with Crippen molar-refractivity contribution in [3.05, 3.63) is 120 Å². The van der Waals surface area contributed by atoms with E-state index < -0.39 is 0 Å². The van der Waals surface area contributed by atoms with Gasteiger partial charge >= 0.3 is 0 Å². The third-order valence-corrected chi connectivity index (χ3v) is 6.30. The number of rotatable bonds is 2. The molecular formula is C32H24O2. The van der Waals surface area contributed by atoms with Crippen LogP contribution in [0.2, 0.25) is 0 Å². The SMILES string of the molecule is CC(=O)c1cc2ccccc2c2ccccc12.CC(=O)c1ccc2c(ccc3ccccc32)c1. The summed E-state index contributed by atoms with van der Waals surface area (Å²) in [5.74, 6) is 0.229. The van der Waals surface area contributed by atoms with Gasteiger partial charge in [-0.05, 0) is 69.1 Å². The minimum atomic E-state index is 0.111. The number of Topliss-reactive ketones (excluding diaryl/α,β-unsaturated/α-hetero) is 2. The van der Waals surface area contributed by atoms with E-state index in [0.29, 0.717) is 0 Å². The van der Waals surface area contributed by atoms with E-state index >= 15 is 0 Å². The lowest BCUT2D eigenvalue weighted by Gasteiger charge is -2.07. The number of hydrogen-bond donors (Lipinski definition) is 0. The zero-order valence-electron chi connectivity index (χ0n) is 19.2. The van der Waals surface area contributed by atoms with E-state index in [1.54, 1.807) is 13.8 Å². The molecule has 0 bridgehead atoms. The van der Waals surface area contributed by atoms with Gasteiger partial charge in [0, 0.05) is 11.1 Å². The van der Waals surface area contributed by atoms with Crippen LogP contribution in [0, 0.1) is 0 Å². The lowest BCUT2D eigenvalue weighted by atomic mass is 9.96. The molecule has 0 aromatic heterocycles. The molecule has 0 unspecified atom stereocenters. The highest BCUT2D eigenvalue weighted by atomic mass is 16.1. The smallest absolute Gasteiger partial charge is 0.160 e. The van der Waals surface area contributed by atoms with Crippen LogP contribution in [0.4, 0.5) is 0 Å². The molecule has 0 spiro atoms. The van der Waals surface area contributed by atoms with Crippen molar-refractivity contribution in [1.82, 2.24) is 0 Å². The number of carbonyl (C=O) groups is 2. The van der Waals surface area contributed by atoms with Crippen LogP contribution in [-0.2, 0) is 0 Å². The van der Waals surface area contributed by atoms with E-state index in [9.17, 15) is 9.59 Å². The summed E-state index contributed by atoms with van der Waals surface area (Å²) in [6, 6.07) is 36.6. The number of hydrogen-bond acceptors (Lipinski definition) is 2. The first-order valence-electron chi connectivity index (χ1n) is 11.4. The molecule has 0 aliphatic carbocycles. The fourth-order valence-electron chi connectivity index (χ4n) is 4.58. The highest BCUT2D eigenvalue weighted by Gasteiger charge is 2.08. The van der Waals surface area contributed by atoms with Gasteiger partial charge in [-0.2, -0.15) is 0 Å². The van der Waals surface area contributed by atoms with Gasteiger partial charge in [-0.25, -0.2) is 0 Å². The first-order valence-corrected chi connectivity index (χ1v) is 11.4. The Balaban J connectivity index is 0.000000142. The van der Waals surface area contributed by atoms with Crippen molar-refractivity contribution in [3.8, 4) is 0 Å². The molecule has 164 valence electrons. The number of carbonyl (C=O) groups excluding carboxylic acids is 2. The van der Waals surface area contributed by atoms with Crippen molar-refractivity contribution in [1.29, 1.82) is 0 Å². The molecule has 0 radical (unpaired) electrons. The van der Waals surface area contributed by atoms with Crippen molar-refractivity contribution >= 4 is 54.7 Å². The molecule has 0 aliphatic rings. The average Bonchev–Trinajstić information content (AvgIpc) is 2.88. The highest BCUT2D eigenvalue weighted by molar-refractivity contribution is 6.17. The van der Waals surface area contributed by atoms with Crippen molar-refractivity contribution < 1.29 is 9.59 Å². The molecule has 0 aliphatic heterocycles. The Labute approximate surface area is 198 Å². The molecule has 0 amide bonds. The Morgan fingerprint density at radius 1 is 0.441 bits per heavy atom. The van der Waals surface area contributed by atoms with E-state index in [-0.39, 0.29) is 11.6 Å². The Hall–Kier alpha value is -4.30. The second kappa shape index (κ2) is 8.92. The highest BCUT2D eigenvalue weighted by Crippen LogP contribution is 2.29. The molecule has 0 saturated carbocycles. The van der Waals surface area contributed by atoms with Gasteiger partial charge in [0.05, 0.1) is 0 Å². The second-order valence-electron chi connectivity index (χ2n) is 8.53. The van der Waals surface area contributed by atoms with Crippen LogP contribution in [-0.4, -0.2) is 11.6 Å². The van der Waals surface area contributed by atoms with E-state index in [2.05, 4.69) is 36.4 Å². The summed E-state index contributed by atoms with van der Waals surface area (Å²) in [4.78, 5) is 23.1. The Bertz CT molecular complexity index is 1710. The first-order chi connectivity index (χ1) is 16.5. The van der Waals surface area contributed by atoms with Gasteiger partial charge in [0.1, 0.15) is 0 Å². The van der Waals surface area contributed by atoms with E-state index in [0.717, 1.165) is 32.7 Å². The summed E-state index contributed by atoms with van der Waals surface area (Å²) in [5, 5.41) is 9.30. The van der Waals surface area contributed by atoms with Crippen molar-refractivity contribution in [2.45, 2.75) is 13.8 Å². The minimum Gasteiger partial charge on any atom is -0.295 e.